The number of rotatable bonds is 40. The van der Waals surface area contributed by atoms with Crippen LogP contribution in [0.15, 0.2) is 0 Å². The summed E-state index contributed by atoms with van der Waals surface area (Å²) >= 11 is 0. The third-order valence-electron chi connectivity index (χ3n) is 12.2. The molecule has 1 rings (SSSR count). The van der Waals surface area contributed by atoms with Crippen molar-refractivity contribution in [2.24, 2.45) is 17.8 Å². The summed E-state index contributed by atoms with van der Waals surface area (Å²) in [5, 5.41) is 0. The molecule has 2 atom stereocenters. The zero-order valence-corrected chi connectivity index (χ0v) is 36.4. The maximum atomic E-state index is 12.4. The summed E-state index contributed by atoms with van der Waals surface area (Å²) in [6.45, 7) is 14.2. The average molecular weight is 748 g/mol. The van der Waals surface area contributed by atoms with Crippen LogP contribution in [0.2, 0.25) is 0 Å². The summed E-state index contributed by atoms with van der Waals surface area (Å²) in [6, 6.07) is 0. The minimum Gasteiger partial charge on any atom is -0.466 e. The van der Waals surface area contributed by atoms with Gasteiger partial charge in [0.2, 0.25) is 0 Å². The molecule has 0 aromatic carbocycles. The van der Waals surface area contributed by atoms with E-state index in [2.05, 4.69) is 32.6 Å². The first-order valence-corrected chi connectivity index (χ1v) is 24.1. The van der Waals surface area contributed by atoms with Crippen LogP contribution in [0, 0.1) is 17.8 Å². The van der Waals surface area contributed by atoms with Crippen LogP contribution in [0.4, 0.5) is 0 Å². The zero-order valence-electron chi connectivity index (χ0n) is 36.4. The van der Waals surface area contributed by atoms with Gasteiger partial charge in [0.25, 0.3) is 0 Å². The number of likely N-dealkylation sites (tertiary alicyclic amines) is 1. The normalized spacial score (nSPS) is 14.6. The van der Waals surface area contributed by atoms with Gasteiger partial charge in [0.05, 0.1) is 13.2 Å². The fraction of sp³-hybridized carbons (Fsp3) is 0.958. The van der Waals surface area contributed by atoms with Gasteiger partial charge in [-0.3, -0.25) is 9.59 Å². The van der Waals surface area contributed by atoms with Crippen LogP contribution in [-0.2, 0) is 19.1 Å². The average Bonchev–Trinajstić information content (AvgIpc) is 3.68. The van der Waals surface area contributed by atoms with Crippen molar-refractivity contribution in [2.75, 3.05) is 32.8 Å². The summed E-state index contributed by atoms with van der Waals surface area (Å²) in [7, 11) is 0. The van der Waals surface area contributed by atoms with Crippen LogP contribution in [0.25, 0.3) is 0 Å². The Hall–Kier alpha value is -1.10. The molecule has 0 amide bonds. The van der Waals surface area contributed by atoms with Crippen molar-refractivity contribution in [3.05, 3.63) is 0 Å². The molecule has 1 aliphatic heterocycles. The van der Waals surface area contributed by atoms with E-state index in [9.17, 15) is 9.59 Å². The number of hydrogen-bond donors (Lipinski definition) is 0. The van der Waals surface area contributed by atoms with Gasteiger partial charge in [0.1, 0.15) is 0 Å². The predicted molar refractivity (Wildman–Crippen MR) is 229 cm³/mol. The first-order chi connectivity index (χ1) is 26.0. The summed E-state index contributed by atoms with van der Waals surface area (Å²) in [5.74, 6) is 2.34. The number of nitrogens with zero attached hydrogens (tertiary/aromatic N) is 1. The molecular weight excluding hydrogens is 655 g/mol. The van der Waals surface area contributed by atoms with E-state index in [1.165, 1.54) is 187 Å². The number of esters is 2. The van der Waals surface area contributed by atoms with Crippen molar-refractivity contribution < 1.29 is 19.1 Å². The lowest BCUT2D eigenvalue weighted by molar-refractivity contribution is -0.145. The number of carbonyl (C=O) groups is 2. The molecular formula is C48H93NO4. The molecule has 0 aromatic heterocycles. The molecule has 1 saturated heterocycles. The van der Waals surface area contributed by atoms with Crippen molar-refractivity contribution >= 4 is 11.9 Å². The fourth-order valence-corrected chi connectivity index (χ4v) is 8.50. The summed E-state index contributed by atoms with van der Waals surface area (Å²) in [4.78, 5) is 27.4. The molecule has 0 saturated carbocycles. The lowest BCUT2D eigenvalue weighted by atomic mass is 9.91. The first kappa shape index (κ1) is 49.9. The van der Waals surface area contributed by atoms with E-state index < -0.39 is 0 Å². The molecule has 0 spiro atoms. The second kappa shape index (κ2) is 37.8. The lowest BCUT2D eigenvalue weighted by Gasteiger charge is -2.21. The van der Waals surface area contributed by atoms with Crippen LogP contribution in [0.1, 0.15) is 246 Å². The molecule has 1 heterocycles. The van der Waals surface area contributed by atoms with E-state index >= 15 is 0 Å². The Labute approximate surface area is 331 Å². The van der Waals surface area contributed by atoms with E-state index in [1.54, 1.807) is 0 Å². The minimum atomic E-state index is 0.0180. The molecule has 5 heteroatoms. The second-order valence-electron chi connectivity index (χ2n) is 17.2. The van der Waals surface area contributed by atoms with Crippen molar-refractivity contribution in [1.29, 1.82) is 0 Å². The van der Waals surface area contributed by atoms with E-state index in [4.69, 9.17) is 9.47 Å². The van der Waals surface area contributed by atoms with Gasteiger partial charge >= 0.3 is 11.9 Å². The monoisotopic (exact) mass is 748 g/mol. The Balaban J connectivity index is 2.18. The van der Waals surface area contributed by atoms with Crippen molar-refractivity contribution in [3.63, 3.8) is 0 Å². The van der Waals surface area contributed by atoms with Crippen LogP contribution in [0.3, 0.4) is 0 Å². The Morgan fingerprint density at radius 1 is 0.415 bits per heavy atom. The lowest BCUT2D eigenvalue weighted by Crippen LogP contribution is -2.22. The van der Waals surface area contributed by atoms with Crippen LogP contribution in [-0.4, -0.2) is 49.7 Å². The third-order valence-corrected chi connectivity index (χ3v) is 12.2. The maximum Gasteiger partial charge on any atom is 0.305 e. The van der Waals surface area contributed by atoms with Gasteiger partial charge in [0.15, 0.2) is 0 Å². The van der Waals surface area contributed by atoms with E-state index in [-0.39, 0.29) is 11.9 Å². The van der Waals surface area contributed by atoms with Gasteiger partial charge in [-0.25, -0.2) is 0 Å². The summed E-state index contributed by atoms with van der Waals surface area (Å²) in [5.41, 5.74) is 0. The molecule has 0 N–H and O–H groups in total. The SMILES string of the molecule is CCCCCC(CCCC)CCOC(=O)CCCCCCCC(CCCCCCCC(=O)OCCC(CCCCC)CCCCC)CCN1CCCC1. The molecule has 314 valence electrons. The molecule has 1 aliphatic rings. The Bertz CT molecular complexity index is 786. The van der Waals surface area contributed by atoms with Gasteiger partial charge in [-0.1, -0.05) is 188 Å². The van der Waals surface area contributed by atoms with Gasteiger partial charge < -0.3 is 14.4 Å². The highest BCUT2D eigenvalue weighted by Gasteiger charge is 2.16. The van der Waals surface area contributed by atoms with E-state index in [1.807, 2.05) is 0 Å². The molecule has 0 radical (unpaired) electrons. The van der Waals surface area contributed by atoms with Crippen molar-refractivity contribution in [1.82, 2.24) is 4.90 Å². The standard InChI is InChI=1S/C48H93NO4/c1-5-9-19-29-45(28-12-8-4)37-42-52-47(50)34-24-17-13-15-22-32-44(36-41-49-39-26-27-40-49)33-23-16-14-18-25-35-48(51)53-43-38-46(30-20-10-6-2)31-21-11-7-3/h44-46H,5-43H2,1-4H3. The summed E-state index contributed by atoms with van der Waals surface area (Å²) in [6.07, 6.45) is 41.6. The maximum absolute atomic E-state index is 12.4. The summed E-state index contributed by atoms with van der Waals surface area (Å²) < 4.78 is 11.3. The first-order valence-electron chi connectivity index (χ1n) is 24.1. The highest BCUT2D eigenvalue weighted by molar-refractivity contribution is 5.69. The Kier molecular flexibility index (Phi) is 35.6. The minimum absolute atomic E-state index is 0.0180. The van der Waals surface area contributed by atoms with Gasteiger partial charge in [-0.2, -0.15) is 0 Å². The largest absolute Gasteiger partial charge is 0.466 e. The molecule has 0 bridgehead atoms. The van der Waals surface area contributed by atoms with Crippen LogP contribution < -0.4 is 0 Å². The molecule has 0 aliphatic carbocycles. The molecule has 1 fully saturated rings. The predicted octanol–water partition coefficient (Wildman–Crippen LogP) is 14.6. The van der Waals surface area contributed by atoms with Crippen LogP contribution >= 0.6 is 0 Å². The number of unbranched alkanes of at least 4 members (excludes halogenated alkanes) is 15. The molecule has 5 nitrogen and oxygen atoms in total. The second-order valence-corrected chi connectivity index (χ2v) is 17.2. The Morgan fingerprint density at radius 2 is 0.755 bits per heavy atom. The van der Waals surface area contributed by atoms with Crippen molar-refractivity contribution in [2.45, 2.75) is 246 Å². The highest BCUT2D eigenvalue weighted by atomic mass is 16.5. The van der Waals surface area contributed by atoms with E-state index in [0.29, 0.717) is 26.1 Å². The Morgan fingerprint density at radius 3 is 1.17 bits per heavy atom. The van der Waals surface area contributed by atoms with Crippen LogP contribution in [0.5, 0.6) is 0 Å². The molecule has 53 heavy (non-hydrogen) atoms. The van der Waals surface area contributed by atoms with Gasteiger partial charge in [-0.15, -0.1) is 0 Å². The molecule has 0 aromatic rings. The van der Waals surface area contributed by atoms with Crippen molar-refractivity contribution in [3.8, 4) is 0 Å². The smallest absolute Gasteiger partial charge is 0.305 e. The zero-order chi connectivity index (χ0) is 38.5. The topological polar surface area (TPSA) is 55.8 Å². The number of carbonyl (C=O) groups excluding carboxylic acids is 2. The number of ether oxygens (including phenoxy) is 2. The van der Waals surface area contributed by atoms with Gasteiger partial charge in [-0.05, 0) is 82.3 Å². The van der Waals surface area contributed by atoms with E-state index in [0.717, 1.165) is 56.3 Å². The molecule has 2 unspecified atom stereocenters. The van der Waals surface area contributed by atoms with Gasteiger partial charge in [0, 0.05) is 12.8 Å². The third kappa shape index (κ3) is 31.8. The quantitative estimate of drug-likeness (QED) is 0.0461. The fourth-order valence-electron chi connectivity index (χ4n) is 8.50. The highest BCUT2D eigenvalue weighted by Crippen LogP contribution is 2.25. The number of hydrogen-bond acceptors (Lipinski definition) is 5.